The summed E-state index contributed by atoms with van der Waals surface area (Å²) in [7, 11) is 0. The normalized spacial score (nSPS) is 19.3. The van der Waals surface area contributed by atoms with E-state index in [0.29, 0.717) is 19.7 Å². The SMILES string of the molecule is O=C1SC(OCCN2CCc3ccccc32)C(=O)N1Cc1ccccc1. The predicted octanol–water partition coefficient (Wildman–Crippen LogP) is 3.29. The number of imide groups is 1. The molecule has 0 bridgehead atoms. The van der Waals surface area contributed by atoms with Crippen molar-refractivity contribution in [3.63, 3.8) is 0 Å². The molecule has 2 amide bonds. The van der Waals surface area contributed by atoms with Crippen LogP contribution in [0.1, 0.15) is 11.1 Å². The number of ether oxygens (including phenoxy) is 1. The molecule has 0 radical (unpaired) electrons. The average Bonchev–Trinajstić information content (AvgIpc) is 3.19. The fourth-order valence-electron chi connectivity index (χ4n) is 3.35. The van der Waals surface area contributed by atoms with Crippen LogP contribution in [0.4, 0.5) is 10.5 Å². The Hall–Kier alpha value is -2.31. The van der Waals surface area contributed by atoms with Crippen LogP contribution >= 0.6 is 11.8 Å². The molecule has 1 atom stereocenters. The van der Waals surface area contributed by atoms with E-state index in [-0.39, 0.29) is 11.1 Å². The molecule has 1 unspecified atom stereocenters. The summed E-state index contributed by atoms with van der Waals surface area (Å²) in [5.74, 6) is -0.259. The lowest BCUT2D eigenvalue weighted by Gasteiger charge is -2.20. The Kier molecular flexibility index (Phi) is 4.95. The van der Waals surface area contributed by atoms with E-state index >= 15 is 0 Å². The van der Waals surface area contributed by atoms with Gasteiger partial charge >= 0.3 is 0 Å². The molecule has 5 nitrogen and oxygen atoms in total. The molecule has 2 heterocycles. The summed E-state index contributed by atoms with van der Waals surface area (Å²) in [4.78, 5) is 28.2. The van der Waals surface area contributed by atoms with Crippen LogP contribution in [0.3, 0.4) is 0 Å². The van der Waals surface area contributed by atoms with Gasteiger partial charge in [0.25, 0.3) is 11.1 Å². The molecule has 134 valence electrons. The summed E-state index contributed by atoms with van der Waals surface area (Å²) in [6.07, 6.45) is 1.04. The standard InChI is InChI=1S/C20H20N2O3S/c23-18-19(26-20(24)22(18)14-15-6-2-1-3-7-15)25-13-12-21-11-10-16-8-4-5-9-17(16)21/h1-9,19H,10-14H2. The van der Waals surface area contributed by atoms with Crippen molar-refractivity contribution < 1.29 is 14.3 Å². The van der Waals surface area contributed by atoms with Crippen molar-refractivity contribution in [2.45, 2.75) is 18.4 Å². The molecule has 0 aliphatic carbocycles. The minimum Gasteiger partial charge on any atom is -0.369 e. The highest BCUT2D eigenvalue weighted by molar-refractivity contribution is 8.15. The lowest BCUT2D eigenvalue weighted by molar-refractivity contribution is -0.134. The molecular weight excluding hydrogens is 348 g/mol. The van der Waals surface area contributed by atoms with Gasteiger partial charge in [0.15, 0.2) is 5.44 Å². The van der Waals surface area contributed by atoms with Crippen molar-refractivity contribution in [2.24, 2.45) is 0 Å². The molecule has 2 aliphatic rings. The van der Waals surface area contributed by atoms with Crippen LogP contribution in [0, 0.1) is 0 Å². The lowest BCUT2D eigenvalue weighted by atomic mass is 10.2. The second-order valence-corrected chi connectivity index (χ2v) is 7.38. The molecule has 2 aromatic rings. The van der Waals surface area contributed by atoms with E-state index in [4.69, 9.17) is 4.74 Å². The summed E-state index contributed by atoms with van der Waals surface area (Å²) in [6, 6.07) is 17.9. The zero-order valence-corrected chi connectivity index (χ0v) is 15.2. The number of hydrogen-bond donors (Lipinski definition) is 0. The van der Waals surface area contributed by atoms with Crippen LogP contribution in [0.5, 0.6) is 0 Å². The number of carbonyl (C=O) groups excluding carboxylic acids is 2. The van der Waals surface area contributed by atoms with Gasteiger partial charge in [-0.25, -0.2) is 0 Å². The highest BCUT2D eigenvalue weighted by Crippen LogP contribution is 2.30. The van der Waals surface area contributed by atoms with Gasteiger partial charge in [-0.3, -0.25) is 14.5 Å². The van der Waals surface area contributed by atoms with Crippen molar-refractivity contribution in [3.8, 4) is 0 Å². The molecule has 4 rings (SSSR count). The average molecular weight is 368 g/mol. The van der Waals surface area contributed by atoms with Gasteiger partial charge in [0.2, 0.25) is 0 Å². The van der Waals surface area contributed by atoms with E-state index < -0.39 is 5.44 Å². The smallest absolute Gasteiger partial charge is 0.291 e. The monoisotopic (exact) mass is 368 g/mol. The highest BCUT2D eigenvalue weighted by atomic mass is 32.2. The Morgan fingerprint density at radius 1 is 1.04 bits per heavy atom. The Morgan fingerprint density at radius 3 is 2.65 bits per heavy atom. The quantitative estimate of drug-likeness (QED) is 0.783. The molecule has 26 heavy (non-hydrogen) atoms. The number of rotatable bonds is 6. The van der Waals surface area contributed by atoms with Crippen LogP contribution in [0.25, 0.3) is 0 Å². The lowest BCUT2D eigenvalue weighted by Crippen LogP contribution is -2.33. The molecular formula is C20H20N2O3S. The Labute approximate surface area is 156 Å². The number of benzene rings is 2. The molecule has 2 aliphatic heterocycles. The zero-order chi connectivity index (χ0) is 17.9. The third kappa shape index (κ3) is 3.48. The highest BCUT2D eigenvalue weighted by Gasteiger charge is 2.40. The summed E-state index contributed by atoms with van der Waals surface area (Å²) >= 11 is 0.966. The van der Waals surface area contributed by atoms with E-state index in [9.17, 15) is 9.59 Å². The first-order valence-corrected chi connectivity index (χ1v) is 9.61. The summed E-state index contributed by atoms with van der Waals surface area (Å²) < 4.78 is 5.74. The van der Waals surface area contributed by atoms with Gasteiger partial charge in [-0.2, -0.15) is 0 Å². The third-order valence-corrected chi connectivity index (χ3v) is 5.67. The molecule has 0 N–H and O–H groups in total. The number of fused-ring (bicyclic) bond motifs is 1. The van der Waals surface area contributed by atoms with Gasteiger partial charge < -0.3 is 9.64 Å². The summed E-state index contributed by atoms with van der Waals surface area (Å²) in [5.41, 5.74) is 2.79. The number of thioether (sulfide) groups is 1. The van der Waals surface area contributed by atoms with Crippen LogP contribution in [-0.4, -0.2) is 41.2 Å². The molecule has 0 aromatic heterocycles. The van der Waals surface area contributed by atoms with Crippen LogP contribution < -0.4 is 4.90 Å². The number of carbonyl (C=O) groups is 2. The van der Waals surface area contributed by atoms with Crippen molar-refractivity contribution in [3.05, 3.63) is 65.7 Å². The minimum absolute atomic E-state index is 0.240. The fourth-order valence-corrected chi connectivity index (χ4v) is 4.20. The van der Waals surface area contributed by atoms with Crippen molar-refractivity contribution >= 4 is 28.6 Å². The molecule has 6 heteroatoms. The fraction of sp³-hybridized carbons (Fsp3) is 0.300. The second-order valence-electron chi connectivity index (χ2n) is 6.36. The first-order valence-electron chi connectivity index (χ1n) is 8.73. The number of para-hydroxylation sites is 1. The third-order valence-electron chi connectivity index (χ3n) is 4.69. The molecule has 2 aromatic carbocycles. The van der Waals surface area contributed by atoms with E-state index in [1.54, 1.807) is 0 Å². The maximum absolute atomic E-state index is 12.5. The van der Waals surface area contributed by atoms with Gasteiger partial charge in [-0.1, -0.05) is 48.5 Å². The number of amides is 2. The summed E-state index contributed by atoms with van der Waals surface area (Å²) in [6.45, 7) is 2.40. The maximum atomic E-state index is 12.5. The second kappa shape index (κ2) is 7.51. The van der Waals surface area contributed by atoms with Gasteiger partial charge in [0, 0.05) is 18.8 Å². The van der Waals surface area contributed by atoms with Crippen LogP contribution in [0.2, 0.25) is 0 Å². The number of hydrogen-bond acceptors (Lipinski definition) is 5. The van der Waals surface area contributed by atoms with Gasteiger partial charge in [0.05, 0.1) is 13.2 Å². The van der Waals surface area contributed by atoms with Crippen molar-refractivity contribution in [2.75, 3.05) is 24.6 Å². The zero-order valence-electron chi connectivity index (χ0n) is 14.3. The van der Waals surface area contributed by atoms with Crippen LogP contribution in [-0.2, 0) is 22.5 Å². The minimum atomic E-state index is -0.732. The van der Waals surface area contributed by atoms with Gasteiger partial charge in [-0.05, 0) is 35.4 Å². The van der Waals surface area contributed by atoms with Crippen molar-refractivity contribution in [1.82, 2.24) is 4.90 Å². The number of nitrogens with zero attached hydrogens (tertiary/aromatic N) is 2. The van der Waals surface area contributed by atoms with E-state index in [2.05, 4.69) is 23.1 Å². The Morgan fingerprint density at radius 2 is 1.81 bits per heavy atom. The van der Waals surface area contributed by atoms with Crippen LogP contribution in [0.15, 0.2) is 54.6 Å². The van der Waals surface area contributed by atoms with Gasteiger partial charge in [-0.15, -0.1) is 0 Å². The predicted molar refractivity (Wildman–Crippen MR) is 102 cm³/mol. The molecule has 1 fully saturated rings. The molecule has 0 saturated carbocycles. The Bertz CT molecular complexity index is 812. The van der Waals surface area contributed by atoms with Gasteiger partial charge in [0.1, 0.15) is 0 Å². The largest absolute Gasteiger partial charge is 0.369 e. The maximum Gasteiger partial charge on any atom is 0.291 e. The summed E-state index contributed by atoms with van der Waals surface area (Å²) in [5, 5.41) is -0.240. The molecule has 0 spiro atoms. The number of anilines is 1. The van der Waals surface area contributed by atoms with E-state index in [1.165, 1.54) is 16.2 Å². The first-order chi connectivity index (χ1) is 12.7. The van der Waals surface area contributed by atoms with Crippen molar-refractivity contribution in [1.29, 1.82) is 0 Å². The van der Waals surface area contributed by atoms with E-state index in [1.807, 2.05) is 36.4 Å². The molecule has 1 saturated heterocycles. The topological polar surface area (TPSA) is 49.9 Å². The van der Waals surface area contributed by atoms with E-state index in [0.717, 1.165) is 30.3 Å². The Balaban J connectivity index is 1.31. The first kappa shape index (κ1) is 17.1.